The molecule has 1 aliphatic rings. The van der Waals surface area contributed by atoms with Gasteiger partial charge in [0.25, 0.3) is 0 Å². The van der Waals surface area contributed by atoms with E-state index in [-0.39, 0.29) is 0 Å². The summed E-state index contributed by atoms with van der Waals surface area (Å²) in [4.78, 5) is 4.73. The number of hydrogen-bond acceptors (Lipinski definition) is 1. The standard InChI is InChI=1S/C15H13N/c1-2-6-12(7-3-1)15-11-10-13-8-4-5-9-14(13)16-15/h1-7,10-11H,8-9H2. The first-order valence-electron chi connectivity index (χ1n) is 5.63. The molecule has 1 aromatic heterocycles. The van der Waals surface area contributed by atoms with E-state index in [1.165, 1.54) is 16.8 Å². The van der Waals surface area contributed by atoms with Crippen molar-refractivity contribution in [2.45, 2.75) is 12.8 Å². The predicted molar refractivity (Wildman–Crippen MR) is 66.2 cm³/mol. The summed E-state index contributed by atoms with van der Waals surface area (Å²) in [6, 6.07) is 14.7. The zero-order valence-corrected chi connectivity index (χ0v) is 9.06. The maximum atomic E-state index is 4.73. The van der Waals surface area contributed by atoms with E-state index in [1.807, 2.05) is 6.07 Å². The zero-order valence-electron chi connectivity index (χ0n) is 9.06. The number of rotatable bonds is 1. The summed E-state index contributed by atoms with van der Waals surface area (Å²) in [6.45, 7) is 0. The van der Waals surface area contributed by atoms with Crippen LogP contribution in [0.4, 0.5) is 0 Å². The van der Waals surface area contributed by atoms with Crippen molar-refractivity contribution in [3.63, 3.8) is 0 Å². The minimum absolute atomic E-state index is 0.968. The third kappa shape index (κ3) is 1.65. The van der Waals surface area contributed by atoms with Gasteiger partial charge >= 0.3 is 0 Å². The number of fused-ring (bicyclic) bond motifs is 1. The van der Waals surface area contributed by atoms with Crippen molar-refractivity contribution in [2.24, 2.45) is 0 Å². The minimum atomic E-state index is 0.968. The second-order valence-electron chi connectivity index (χ2n) is 4.05. The molecule has 2 aromatic rings. The molecule has 0 atom stereocenters. The van der Waals surface area contributed by atoms with Crippen LogP contribution in [0.1, 0.15) is 11.3 Å². The van der Waals surface area contributed by atoms with Gasteiger partial charge in [-0.05, 0) is 18.1 Å². The van der Waals surface area contributed by atoms with Gasteiger partial charge in [-0.1, -0.05) is 48.6 Å². The van der Waals surface area contributed by atoms with Crippen LogP contribution in [-0.2, 0) is 12.8 Å². The minimum Gasteiger partial charge on any atom is -0.252 e. The molecule has 0 amide bonds. The van der Waals surface area contributed by atoms with Crippen LogP contribution in [0.3, 0.4) is 0 Å². The molecule has 0 saturated carbocycles. The summed E-state index contributed by atoms with van der Waals surface area (Å²) in [7, 11) is 0. The molecular formula is C15H13N. The molecule has 0 bridgehead atoms. The van der Waals surface area contributed by atoms with Crippen LogP contribution in [0, 0.1) is 0 Å². The molecular weight excluding hydrogens is 194 g/mol. The second kappa shape index (κ2) is 3.93. The molecule has 1 aromatic carbocycles. The number of allylic oxidation sites excluding steroid dienone is 2. The Morgan fingerprint density at radius 2 is 1.62 bits per heavy atom. The Morgan fingerprint density at radius 3 is 2.50 bits per heavy atom. The Bertz CT molecular complexity index is 526. The van der Waals surface area contributed by atoms with Crippen LogP contribution in [0.2, 0.25) is 0 Å². The highest BCUT2D eigenvalue weighted by atomic mass is 14.7. The van der Waals surface area contributed by atoms with Crippen LogP contribution in [0.15, 0.2) is 54.6 Å². The average Bonchev–Trinajstić information content (AvgIpc) is 2.39. The van der Waals surface area contributed by atoms with Gasteiger partial charge in [0.1, 0.15) is 0 Å². The van der Waals surface area contributed by atoms with Crippen molar-refractivity contribution < 1.29 is 0 Å². The summed E-state index contributed by atoms with van der Waals surface area (Å²) in [5.74, 6) is 0. The molecule has 0 fully saturated rings. The molecule has 16 heavy (non-hydrogen) atoms. The van der Waals surface area contributed by atoms with Crippen molar-refractivity contribution in [3.8, 4) is 11.3 Å². The van der Waals surface area contributed by atoms with Crippen LogP contribution >= 0.6 is 0 Å². The monoisotopic (exact) mass is 207 g/mol. The molecule has 3 rings (SSSR count). The molecule has 0 radical (unpaired) electrons. The van der Waals surface area contributed by atoms with Gasteiger partial charge in [0.05, 0.1) is 5.69 Å². The highest BCUT2D eigenvalue weighted by molar-refractivity contribution is 5.59. The number of aromatic nitrogens is 1. The summed E-state index contributed by atoms with van der Waals surface area (Å²) < 4.78 is 0. The smallest absolute Gasteiger partial charge is 0.0705 e. The van der Waals surface area contributed by atoms with E-state index in [4.69, 9.17) is 4.98 Å². The van der Waals surface area contributed by atoms with Gasteiger partial charge < -0.3 is 0 Å². The third-order valence-electron chi connectivity index (χ3n) is 2.95. The molecule has 1 aliphatic carbocycles. The maximum absolute atomic E-state index is 4.73. The fraction of sp³-hybridized carbons (Fsp3) is 0.133. The first kappa shape index (κ1) is 9.34. The lowest BCUT2D eigenvalue weighted by Gasteiger charge is -2.11. The van der Waals surface area contributed by atoms with Crippen molar-refractivity contribution in [1.82, 2.24) is 4.98 Å². The Balaban J connectivity index is 2.05. The summed E-state index contributed by atoms with van der Waals surface area (Å²) in [6.07, 6.45) is 6.41. The predicted octanol–water partition coefficient (Wildman–Crippen LogP) is 3.40. The van der Waals surface area contributed by atoms with Gasteiger partial charge in [-0.15, -0.1) is 0 Å². The lowest BCUT2D eigenvalue weighted by molar-refractivity contribution is 1.01. The Labute approximate surface area is 95.5 Å². The van der Waals surface area contributed by atoms with E-state index < -0.39 is 0 Å². The molecule has 0 N–H and O–H groups in total. The second-order valence-corrected chi connectivity index (χ2v) is 4.05. The number of nitrogens with zero attached hydrogens (tertiary/aromatic N) is 1. The number of hydrogen-bond donors (Lipinski definition) is 0. The van der Waals surface area contributed by atoms with Gasteiger partial charge in [-0.2, -0.15) is 0 Å². The van der Waals surface area contributed by atoms with Gasteiger partial charge in [0.2, 0.25) is 0 Å². The van der Waals surface area contributed by atoms with E-state index in [0.717, 1.165) is 18.5 Å². The van der Waals surface area contributed by atoms with Crippen LogP contribution in [0.5, 0.6) is 0 Å². The van der Waals surface area contributed by atoms with E-state index in [0.29, 0.717) is 0 Å². The molecule has 0 unspecified atom stereocenters. The topological polar surface area (TPSA) is 12.9 Å². The summed E-state index contributed by atoms with van der Waals surface area (Å²) in [5, 5.41) is 0. The zero-order chi connectivity index (χ0) is 10.8. The molecule has 1 nitrogen and oxygen atoms in total. The fourth-order valence-electron chi connectivity index (χ4n) is 2.07. The van der Waals surface area contributed by atoms with Crippen molar-refractivity contribution in [1.29, 1.82) is 0 Å². The highest BCUT2D eigenvalue weighted by Crippen LogP contribution is 2.21. The quantitative estimate of drug-likeness (QED) is 0.653. The van der Waals surface area contributed by atoms with E-state index in [1.54, 1.807) is 0 Å². The number of pyridine rings is 1. The molecule has 78 valence electrons. The maximum Gasteiger partial charge on any atom is 0.0705 e. The Hall–Kier alpha value is -1.89. The molecule has 1 heteroatoms. The van der Waals surface area contributed by atoms with Gasteiger partial charge in [0, 0.05) is 17.7 Å². The lowest BCUT2D eigenvalue weighted by Crippen LogP contribution is -2.01. The largest absolute Gasteiger partial charge is 0.252 e. The normalized spacial score (nSPS) is 13.5. The lowest BCUT2D eigenvalue weighted by atomic mass is 10.0. The Kier molecular flexibility index (Phi) is 2.30. The molecule has 1 heterocycles. The summed E-state index contributed by atoms with van der Waals surface area (Å²) >= 11 is 0. The van der Waals surface area contributed by atoms with Crippen molar-refractivity contribution >= 4 is 0 Å². The van der Waals surface area contributed by atoms with Crippen LogP contribution in [-0.4, -0.2) is 4.98 Å². The summed E-state index contributed by atoms with van der Waals surface area (Å²) in [5.41, 5.74) is 4.86. The fourth-order valence-corrected chi connectivity index (χ4v) is 2.07. The van der Waals surface area contributed by atoms with E-state index in [2.05, 4.69) is 48.6 Å². The highest BCUT2D eigenvalue weighted by Gasteiger charge is 2.07. The first-order chi connectivity index (χ1) is 7.93. The third-order valence-corrected chi connectivity index (χ3v) is 2.95. The molecule has 0 spiro atoms. The van der Waals surface area contributed by atoms with Gasteiger partial charge in [0.15, 0.2) is 0 Å². The van der Waals surface area contributed by atoms with Crippen molar-refractivity contribution in [3.05, 3.63) is 65.9 Å². The average molecular weight is 207 g/mol. The van der Waals surface area contributed by atoms with E-state index in [9.17, 15) is 0 Å². The molecule has 0 saturated heterocycles. The van der Waals surface area contributed by atoms with E-state index >= 15 is 0 Å². The molecule has 0 aliphatic heterocycles. The Morgan fingerprint density at radius 1 is 0.812 bits per heavy atom. The SMILES string of the molecule is C1=CCc2nc(-c3ccccc3)ccc2C1. The first-order valence-corrected chi connectivity index (χ1v) is 5.63. The van der Waals surface area contributed by atoms with Crippen LogP contribution in [0.25, 0.3) is 11.3 Å². The number of benzene rings is 1. The van der Waals surface area contributed by atoms with Crippen molar-refractivity contribution in [2.75, 3.05) is 0 Å². The van der Waals surface area contributed by atoms with Gasteiger partial charge in [-0.25, -0.2) is 0 Å². The van der Waals surface area contributed by atoms with Crippen LogP contribution < -0.4 is 0 Å². The van der Waals surface area contributed by atoms with Gasteiger partial charge in [-0.3, -0.25) is 4.98 Å².